The van der Waals surface area contributed by atoms with Crippen molar-refractivity contribution in [2.75, 3.05) is 16.7 Å². The molecule has 7 nitrogen and oxygen atoms in total. The van der Waals surface area contributed by atoms with E-state index < -0.39 is 15.9 Å². The van der Waals surface area contributed by atoms with E-state index in [1.54, 1.807) is 49.5 Å². The Bertz CT molecular complexity index is 1170. The number of aryl methyl sites for hydroxylation is 1. The smallest absolute Gasteiger partial charge is 0.264 e. The first kappa shape index (κ1) is 19.4. The summed E-state index contributed by atoms with van der Waals surface area (Å²) < 4.78 is 28.3. The second kappa shape index (κ2) is 7.69. The molecule has 0 aliphatic carbocycles. The lowest BCUT2D eigenvalue weighted by Crippen LogP contribution is -2.26. The third-order valence-corrected chi connectivity index (χ3v) is 6.02. The minimum atomic E-state index is -3.80. The van der Waals surface area contributed by atoms with Crippen LogP contribution in [0.4, 0.5) is 11.4 Å². The molecular formula is C20H19N3O4S. The van der Waals surface area contributed by atoms with Crippen LogP contribution in [0.3, 0.4) is 0 Å². The number of benzene rings is 2. The predicted octanol–water partition coefficient (Wildman–Crippen LogP) is 2.46. The Morgan fingerprint density at radius 2 is 1.71 bits per heavy atom. The van der Waals surface area contributed by atoms with Crippen LogP contribution in [0.5, 0.6) is 0 Å². The van der Waals surface area contributed by atoms with Crippen molar-refractivity contribution in [2.24, 2.45) is 7.05 Å². The highest BCUT2D eigenvalue weighted by molar-refractivity contribution is 7.92. The maximum atomic E-state index is 12.9. The van der Waals surface area contributed by atoms with Crippen molar-refractivity contribution in [2.45, 2.75) is 4.90 Å². The largest absolute Gasteiger partial charge is 0.322 e. The van der Waals surface area contributed by atoms with Crippen LogP contribution in [-0.4, -0.2) is 25.9 Å². The number of rotatable bonds is 5. The zero-order valence-electron chi connectivity index (χ0n) is 15.4. The SMILES string of the molecule is CN(c1ccccc1)S(=O)(=O)c1cccc(NC(=O)c2ccn(C)c(=O)c2)c1. The monoisotopic (exact) mass is 397 g/mol. The van der Waals surface area contributed by atoms with Gasteiger partial charge in [-0.25, -0.2) is 8.42 Å². The van der Waals surface area contributed by atoms with Gasteiger partial charge in [-0.1, -0.05) is 24.3 Å². The molecule has 0 aliphatic heterocycles. The number of carbonyl (C=O) groups excluding carboxylic acids is 1. The molecule has 0 radical (unpaired) electrons. The molecule has 0 saturated heterocycles. The number of para-hydroxylation sites is 1. The average Bonchev–Trinajstić information content (AvgIpc) is 2.70. The summed E-state index contributed by atoms with van der Waals surface area (Å²) in [6.07, 6.45) is 1.49. The summed E-state index contributed by atoms with van der Waals surface area (Å²) in [6, 6.07) is 17.4. The highest BCUT2D eigenvalue weighted by atomic mass is 32.2. The standard InChI is InChI=1S/C20H19N3O4S/c1-22-12-11-15(13-19(22)24)20(25)21-16-7-6-10-18(14-16)28(26,27)23(2)17-8-4-3-5-9-17/h3-14H,1-2H3,(H,21,25). The number of amides is 1. The number of aromatic nitrogens is 1. The minimum Gasteiger partial charge on any atom is -0.322 e. The van der Waals surface area contributed by atoms with Gasteiger partial charge in [0.05, 0.1) is 10.6 Å². The van der Waals surface area contributed by atoms with Crippen molar-refractivity contribution in [1.29, 1.82) is 0 Å². The van der Waals surface area contributed by atoms with Crippen LogP contribution in [0.1, 0.15) is 10.4 Å². The third-order valence-electron chi connectivity index (χ3n) is 4.24. The lowest BCUT2D eigenvalue weighted by molar-refractivity contribution is 0.102. The van der Waals surface area contributed by atoms with Crippen LogP contribution < -0.4 is 15.2 Å². The van der Waals surface area contributed by atoms with Gasteiger partial charge in [-0.3, -0.25) is 13.9 Å². The summed E-state index contributed by atoms with van der Waals surface area (Å²) in [4.78, 5) is 24.1. The van der Waals surface area contributed by atoms with Crippen LogP contribution in [0.15, 0.2) is 82.6 Å². The molecule has 0 saturated carbocycles. The van der Waals surface area contributed by atoms with Crippen LogP contribution >= 0.6 is 0 Å². The van der Waals surface area contributed by atoms with Gasteiger partial charge in [0.25, 0.3) is 21.5 Å². The maximum absolute atomic E-state index is 12.9. The number of nitrogens with one attached hydrogen (secondary N) is 1. The first-order chi connectivity index (χ1) is 13.3. The molecule has 0 unspecified atom stereocenters. The number of pyridine rings is 1. The van der Waals surface area contributed by atoms with Crippen molar-refractivity contribution in [3.05, 3.63) is 88.8 Å². The number of sulfonamides is 1. The molecule has 1 aromatic heterocycles. The van der Waals surface area contributed by atoms with Crippen LogP contribution in [-0.2, 0) is 17.1 Å². The second-order valence-electron chi connectivity index (χ2n) is 6.15. The van der Waals surface area contributed by atoms with E-state index in [1.165, 1.54) is 46.4 Å². The van der Waals surface area contributed by atoms with Gasteiger partial charge in [-0.05, 0) is 36.4 Å². The molecule has 0 spiro atoms. The summed E-state index contributed by atoms with van der Waals surface area (Å²) in [5, 5.41) is 2.63. The molecular weight excluding hydrogens is 378 g/mol. The van der Waals surface area contributed by atoms with Gasteiger partial charge >= 0.3 is 0 Å². The van der Waals surface area contributed by atoms with Crippen LogP contribution in [0.25, 0.3) is 0 Å². The summed E-state index contributed by atoms with van der Waals surface area (Å²) >= 11 is 0. The lowest BCUT2D eigenvalue weighted by atomic mass is 10.2. The lowest BCUT2D eigenvalue weighted by Gasteiger charge is -2.19. The third kappa shape index (κ3) is 3.96. The number of hydrogen-bond acceptors (Lipinski definition) is 4. The molecule has 3 rings (SSSR count). The first-order valence-corrected chi connectivity index (χ1v) is 9.85. The molecule has 1 N–H and O–H groups in total. The fourth-order valence-corrected chi connectivity index (χ4v) is 3.80. The number of carbonyl (C=O) groups is 1. The molecule has 0 atom stereocenters. The minimum absolute atomic E-state index is 0.0422. The Kier molecular flexibility index (Phi) is 5.32. The summed E-state index contributed by atoms with van der Waals surface area (Å²) in [5.41, 5.74) is 0.719. The van der Waals surface area contributed by atoms with E-state index in [4.69, 9.17) is 0 Å². The Hall–Kier alpha value is -3.39. The zero-order chi connectivity index (χ0) is 20.3. The Morgan fingerprint density at radius 1 is 1.00 bits per heavy atom. The van der Waals surface area contributed by atoms with Gasteiger partial charge in [0.2, 0.25) is 0 Å². The number of hydrogen-bond donors (Lipinski definition) is 1. The zero-order valence-corrected chi connectivity index (χ0v) is 16.2. The Morgan fingerprint density at radius 3 is 2.39 bits per heavy atom. The van der Waals surface area contributed by atoms with Crippen molar-refractivity contribution in [3.63, 3.8) is 0 Å². The fourth-order valence-electron chi connectivity index (χ4n) is 2.56. The Labute approximate surface area is 162 Å². The number of nitrogens with zero attached hydrogens (tertiary/aromatic N) is 2. The van der Waals surface area contributed by atoms with Gasteiger partial charge in [0.15, 0.2) is 0 Å². The van der Waals surface area contributed by atoms with Crippen LogP contribution in [0.2, 0.25) is 0 Å². The topological polar surface area (TPSA) is 88.5 Å². The molecule has 0 fully saturated rings. The summed E-state index contributed by atoms with van der Waals surface area (Å²) in [5.74, 6) is -0.497. The molecule has 144 valence electrons. The second-order valence-corrected chi connectivity index (χ2v) is 8.12. The van der Waals surface area contributed by atoms with Crippen molar-refractivity contribution >= 4 is 27.3 Å². The molecule has 2 aromatic carbocycles. The van der Waals surface area contributed by atoms with Gasteiger partial charge in [-0.2, -0.15) is 0 Å². The summed E-state index contributed by atoms with van der Waals surface area (Å²) in [6.45, 7) is 0. The molecule has 3 aromatic rings. The Balaban J connectivity index is 1.86. The van der Waals surface area contributed by atoms with E-state index in [-0.39, 0.29) is 16.0 Å². The normalized spacial score (nSPS) is 11.1. The van der Waals surface area contributed by atoms with Crippen LogP contribution in [0, 0.1) is 0 Å². The van der Waals surface area contributed by atoms with Crippen molar-refractivity contribution in [3.8, 4) is 0 Å². The van der Waals surface area contributed by atoms with Gasteiger partial charge in [0.1, 0.15) is 0 Å². The number of anilines is 2. The predicted molar refractivity (Wildman–Crippen MR) is 108 cm³/mol. The molecule has 1 amide bonds. The highest BCUT2D eigenvalue weighted by Crippen LogP contribution is 2.23. The quantitative estimate of drug-likeness (QED) is 0.716. The molecule has 8 heteroatoms. The van der Waals surface area contributed by atoms with Gasteiger partial charge in [0, 0.05) is 37.6 Å². The van der Waals surface area contributed by atoms with Gasteiger partial charge in [-0.15, -0.1) is 0 Å². The molecule has 0 aliphatic rings. The van der Waals surface area contributed by atoms with Crippen molar-refractivity contribution in [1.82, 2.24) is 4.57 Å². The van der Waals surface area contributed by atoms with E-state index in [1.807, 2.05) is 0 Å². The summed E-state index contributed by atoms with van der Waals surface area (Å²) in [7, 11) is -0.746. The van der Waals surface area contributed by atoms with E-state index >= 15 is 0 Å². The van der Waals surface area contributed by atoms with E-state index in [0.717, 1.165) is 0 Å². The maximum Gasteiger partial charge on any atom is 0.264 e. The molecule has 0 bridgehead atoms. The van der Waals surface area contributed by atoms with Gasteiger partial charge < -0.3 is 9.88 Å². The van der Waals surface area contributed by atoms with E-state index in [9.17, 15) is 18.0 Å². The average molecular weight is 397 g/mol. The first-order valence-electron chi connectivity index (χ1n) is 8.41. The fraction of sp³-hybridized carbons (Fsp3) is 0.100. The molecule has 28 heavy (non-hydrogen) atoms. The highest BCUT2D eigenvalue weighted by Gasteiger charge is 2.21. The van der Waals surface area contributed by atoms with E-state index in [0.29, 0.717) is 11.4 Å². The van der Waals surface area contributed by atoms with Crippen molar-refractivity contribution < 1.29 is 13.2 Å². The molecule has 1 heterocycles. The van der Waals surface area contributed by atoms with E-state index in [2.05, 4.69) is 5.32 Å².